The van der Waals surface area contributed by atoms with Gasteiger partial charge in [0.25, 0.3) is 0 Å². The fraction of sp³-hybridized carbons (Fsp3) is 0.500. The lowest BCUT2D eigenvalue weighted by Gasteiger charge is -2.27. The third kappa shape index (κ3) is 3.78. The van der Waals surface area contributed by atoms with E-state index in [0.717, 1.165) is 22.6 Å². The summed E-state index contributed by atoms with van der Waals surface area (Å²) >= 11 is 0. The largest absolute Gasteiger partial charge is 0.359 e. The van der Waals surface area contributed by atoms with Crippen molar-refractivity contribution in [2.24, 2.45) is 5.92 Å². The maximum Gasteiger partial charge on any atom is 0.223 e. The number of rotatable bonds is 4. The molecule has 150 valence electrons. The zero-order chi connectivity index (χ0) is 19.9. The lowest BCUT2D eigenvalue weighted by molar-refractivity contribution is -0.133. The molecule has 0 spiro atoms. The Morgan fingerprint density at radius 1 is 1.36 bits per heavy atom. The summed E-state index contributed by atoms with van der Waals surface area (Å²) in [5, 5.41) is 7.52. The second kappa shape index (κ2) is 7.24. The Kier molecular flexibility index (Phi) is 4.91. The molecule has 8 heteroatoms. The second-order valence-corrected chi connectivity index (χ2v) is 10.1. The van der Waals surface area contributed by atoms with E-state index < -0.39 is 9.84 Å². The number of nitrogens with one attached hydrogen (secondary N) is 1. The number of nitrogens with zero attached hydrogens (tertiary/aromatic N) is 2. The Labute approximate surface area is 165 Å². The summed E-state index contributed by atoms with van der Waals surface area (Å²) in [6.45, 7) is 5.12. The molecular weight excluding hydrogens is 378 g/mol. The van der Waals surface area contributed by atoms with Crippen molar-refractivity contribution in [3.8, 4) is 0 Å². The van der Waals surface area contributed by atoms with Gasteiger partial charge in [-0.3, -0.25) is 4.79 Å². The third-order valence-electron chi connectivity index (χ3n) is 5.83. The monoisotopic (exact) mass is 403 g/mol. The maximum atomic E-state index is 12.7. The molecule has 2 aliphatic heterocycles. The van der Waals surface area contributed by atoms with E-state index in [1.54, 1.807) is 4.90 Å². The maximum absolute atomic E-state index is 12.7. The van der Waals surface area contributed by atoms with Crippen molar-refractivity contribution >= 4 is 27.2 Å². The molecule has 1 saturated heterocycles. The predicted molar refractivity (Wildman–Crippen MR) is 106 cm³/mol. The van der Waals surface area contributed by atoms with Gasteiger partial charge < -0.3 is 14.7 Å². The van der Waals surface area contributed by atoms with Crippen LogP contribution in [0.2, 0.25) is 0 Å². The SMILES string of the molecule is Cc1cccc(Nc2noc3c2CN(C(=O)CC2CCS(=O)(=O)C2)CC3)c1C. The van der Waals surface area contributed by atoms with Crippen LogP contribution in [0.1, 0.15) is 35.3 Å². The molecule has 1 N–H and O–H groups in total. The molecular formula is C20H25N3O4S. The molecule has 4 rings (SSSR count). The predicted octanol–water partition coefficient (Wildman–Crippen LogP) is 2.74. The van der Waals surface area contributed by atoms with Crippen LogP contribution >= 0.6 is 0 Å². The van der Waals surface area contributed by atoms with Crippen molar-refractivity contribution in [1.82, 2.24) is 10.1 Å². The van der Waals surface area contributed by atoms with E-state index in [-0.39, 0.29) is 23.3 Å². The summed E-state index contributed by atoms with van der Waals surface area (Å²) in [6, 6.07) is 6.04. The number of anilines is 2. The van der Waals surface area contributed by atoms with Gasteiger partial charge in [0.2, 0.25) is 5.91 Å². The number of carbonyl (C=O) groups is 1. The number of sulfone groups is 1. The van der Waals surface area contributed by atoms with Crippen LogP contribution in [0.15, 0.2) is 22.7 Å². The number of fused-ring (bicyclic) bond motifs is 1. The first-order chi connectivity index (χ1) is 13.3. The summed E-state index contributed by atoms with van der Waals surface area (Å²) in [4.78, 5) is 14.5. The summed E-state index contributed by atoms with van der Waals surface area (Å²) < 4.78 is 28.8. The first kappa shape index (κ1) is 19.0. The summed E-state index contributed by atoms with van der Waals surface area (Å²) in [7, 11) is -2.97. The highest BCUT2D eigenvalue weighted by atomic mass is 32.2. The van der Waals surface area contributed by atoms with E-state index in [1.807, 2.05) is 12.1 Å². The van der Waals surface area contributed by atoms with Crippen molar-refractivity contribution in [2.45, 2.75) is 39.7 Å². The van der Waals surface area contributed by atoms with Crippen LogP contribution in [0, 0.1) is 19.8 Å². The van der Waals surface area contributed by atoms with Crippen molar-refractivity contribution in [2.75, 3.05) is 23.4 Å². The van der Waals surface area contributed by atoms with Crippen LogP contribution in [0.3, 0.4) is 0 Å². The Morgan fingerprint density at radius 3 is 2.93 bits per heavy atom. The van der Waals surface area contributed by atoms with Crippen LogP contribution in [0.25, 0.3) is 0 Å². The molecule has 1 atom stereocenters. The molecule has 28 heavy (non-hydrogen) atoms. The molecule has 1 aromatic carbocycles. The van der Waals surface area contributed by atoms with Crippen LogP contribution in [-0.2, 0) is 27.6 Å². The summed E-state index contributed by atoms with van der Waals surface area (Å²) in [6.07, 6.45) is 1.49. The van der Waals surface area contributed by atoms with E-state index in [4.69, 9.17) is 4.52 Å². The quantitative estimate of drug-likeness (QED) is 0.844. The smallest absolute Gasteiger partial charge is 0.223 e. The van der Waals surface area contributed by atoms with Gasteiger partial charge in [-0.25, -0.2) is 8.42 Å². The van der Waals surface area contributed by atoms with Gasteiger partial charge in [0.15, 0.2) is 15.7 Å². The number of carbonyl (C=O) groups excluding carboxylic acids is 1. The normalized spacial score (nSPS) is 20.8. The van der Waals surface area contributed by atoms with Gasteiger partial charge in [0, 0.05) is 25.1 Å². The first-order valence-corrected chi connectivity index (χ1v) is 11.4. The molecule has 0 bridgehead atoms. The van der Waals surface area contributed by atoms with Crippen molar-refractivity contribution in [1.29, 1.82) is 0 Å². The minimum absolute atomic E-state index is 0.00614. The molecule has 1 unspecified atom stereocenters. The highest BCUT2D eigenvalue weighted by Gasteiger charge is 2.33. The number of amides is 1. The van der Waals surface area contributed by atoms with Gasteiger partial charge >= 0.3 is 0 Å². The Bertz CT molecular complexity index is 1010. The topological polar surface area (TPSA) is 92.5 Å². The number of hydrogen-bond acceptors (Lipinski definition) is 6. The van der Waals surface area contributed by atoms with Crippen molar-refractivity contribution < 1.29 is 17.7 Å². The fourth-order valence-corrected chi connectivity index (χ4v) is 5.81. The van der Waals surface area contributed by atoms with E-state index in [9.17, 15) is 13.2 Å². The van der Waals surface area contributed by atoms with Crippen LogP contribution in [0.5, 0.6) is 0 Å². The molecule has 3 heterocycles. The van der Waals surface area contributed by atoms with Crippen LogP contribution < -0.4 is 5.32 Å². The van der Waals surface area contributed by atoms with E-state index in [2.05, 4.69) is 30.4 Å². The van der Waals surface area contributed by atoms with Gasteiger partial charge in [0.05, 0.1) is 23.6 Å². The minimum Gasteiger partial charge on any atom is -0.359 e. The number of hydrogen-bond donors (Lipinski definition) is 1. The average Bonchev–Trinajstić information content (AvgIpc) is 3.21. The Hall–Kier alpha value is -2.35. The molecule has 0 aliphatic carbocycles. The lowest BCUT2D eigenvalue weighted by atomic mass is 10.0. The van der Waals surface area contributed by atoms with Gasteiger partial charge in [-0.1, -0.05) is 17.3 Å². The van der Waals surface area contributed by atoms with Crippen LogP contribution in [0.4, 0.5) is 11.5 Å². The Balaban J connectivity index is 1.47. The fourth-order valence-electron chi connectivity index (χ4n) is 3.94. The molecule has 0 saturated carbocycles. The van der Waals surface area contributed by atoms with E-state index in [1.165, 1.54) is 5.56 Å². The van der Waals surface area contributed by atoms with Gasteiger partial charge in [-0.05, 0) is 43.4 Å². The molecule has 0 radical (unpaired) electrons. The first-order valence-electron chi connectivity index (χ1n) is 9.61. The van der Waals surface area contributed by atoms with Gasteiger partial charge in [-0.2, -0.15) is 0 Å². The van der Waals surface area contributed by atoms with E-state index in [0.29, 0.717) is 38.2 Å². The molecule has 7 nitrogen and oxygen atoms in total. The third-order valence-corrected chi connectivity index (χ3v) is 7.66. The average molecular weight is 404 g/mol. The zero-order valence-corrected chi connectivity index (χ0v) is 17.0. The number of aryl methyl sites for hydroxylation is 1. The summed E-state index contributed by atoms with van der Waals surface area (Å²) in [5.41, 5.74) is 4.20. The standard InChI is InChI=1S/C20H25N3O4S/c1-13-4-3-5-17(14(13)2)21-20-16-11-23(8-6-18(16)27-22-20)19(24)10-15-7-9-28(25,26)12-15/h3-5,15H,6-12H2,1-2H3,(H,21,22). The van der Waals surface area contributed by atoms with Crippen LogP contribution in [-0.4, -0.2) is 42.4 Å². The highest BCUT2D eigenvalue weighted by molar-refractivity contribution is 7.91. The number of benzene rings is 1. The molecule has 1 fully saturated rings. The van der Waals surface area contributed by atoms with Gasteiger partial charge in [0.1, 0.15) is 5.76 Å². The Morgan fingerprint density at radius 2 is 2.18 bits per heavy atom. The molecule has 2 aromatic rings. The van der Waals surface area contributed by atoms with Crippen molar-refractivity contribution in [3.05, 3.63) is 40.6 Å². The van der Waals surface area contributed by atoms with Gasteiger partial charge in [-0.15, -0.1) is 0 Å². The van der Waals surface area contributed by atoms with Crippen molar-refractivity contribution in [3.63, 3.8) is 0 Å². The van der Waals surface area contributed by atoms with E-state index >= 15 is 0 Å². The minimum atomic E-state index is -2.97. The zero-order valence-electron chi connectivity index (χ0n) is 16.2. The summed E-state index contributed by atoms with van der Waals surface area (Å²) in [5.74, 6) is 1.72. The molecule has 2 aliphatic rings. The highest BCUT2D eigenvalue weighted by Crippen LogP contribution is 2.31. The molecule has 1 amide bonds. The lowest BCUT2D eigenvalue weighted by Crippen LogP contribution is -2.36. The second-order valence-electron chi connectivity index (χ2n) is 7.84. The molecule has 1 aromatic heterocycles. The number of aromatic nitrogens is 1.